The Morgan fingerprint density at radius 2 is 1.96 bits per heavy atom. The summed E-state index contributed by atoms with van der Waals surface area (Å²) in [5, 5.41) is 5.48. The molecular formula is C17H29N5O3S2. The van der Waals surface area contributed by atoms with Crippen molar-refractivity contribution in [3.8, 4) is 0 Å². The van der Waals surface area contributed by atoms with Gasteiger partial charge in [0.25, 0.3) is 5.91 Å². The van der Waals surface area contributed by atoms with Gasteiger partial charge in [-0.05, 0) is 38.9 Å². The van der Waals surface area contributed by atoms with E-state index in [1.807, 2.05) is 13.8 Å². The van der Waals surface area contributed by atoms with E-state index < -0.39 is 11.9 Å². The highest BCUT2D eigenvalue weighted by Crippen LogP contribution is 2.19. The Bertz CT molecular complexity index is 622. The van der Waals surface area contributed by atoms with E-state index in [0.717, 1.165) is 5.71 Å². The van der Waals surface area contributed by atoms with Crippen molar-refractivity contribution in [3.05, 3.63) is 11.4 Å². The van der Waals surface area contributed by atoms with E-state index in [4.69, 9.17) is 5.73 Å². The minimum Gasteiger partial charge on any atom is -0.352 e. The van der Waals surface area contributed by atoms with Gasteiger partial charge < -0.3 is 21.3 Å². The maximum Gasteiger partial charge on any atom is 0.250 e. The van der Waals surface area contributed by atoms with Crippen LogP contribution in [-0.4, -0.2) is 65.5 Å². The molecular weight excluding hydrogens is 386 g/mol. The molecule has 10 heteroatoms. The normalized spacial score (nSPS) is 15.1. The van der Waals surface area contributed by atoms with E-state index in [2.05, 4.69) is 40.9 Å². The number of nitrogens with one attached hydrogen (secondary N) is 2. The molecule has 0 aliphatic carbocycles. The molecule has 0 fully saturated rings. The summed E-state index contributed by atoms with van der Waals surface area (Å²) in [6.45, 7) is 4.24. The first kappa shape index (κ1) is 23.5. The zero-order valence-electron chi connectivity index (χ0n) is 15.8. The standard InChI is InChI=1S/C17H29N5O3S2/c1-3-19-16(24)12-5-4-11(2)20-15(12)21-17(25)13(6-8-26)22(7-9-27)14(23)10-18/h13,26-27H,3-10,18H2,1-2H3,(H,19,24)(H,21,25)/t13-/m0/s1. The number of nitrogens with two attached hydrogens (primary N) is 1. The second kappa shape index (κ2) is 12.0. The highest BCUT2D eigenvalue weighted by atomic mass is 32.1. The number of carbonyl (C=O) groups excluding carboxylic acids is 3. The summed E-state index contributed by atoms with van der Waals surface area (Å²) in [6, 6.07) is -0.758. The van der Waals surface area contributed by atoms with Crippen molar-refractivity contribution in [3.63, 3.8) is 0 Å². The molecule has 3 amide bonds. The van der Waals surface area contributed by atoms with Crippen LogP contribution in [-0.2, 0) is 14.4 Å². The highest BCUT2D eigenvalue weighted by Gasteiger charge is 2.30. The van der Waals surface area contributed by atoms with Crippen LogP contribution in [0.4, 0.5) is 0 Å². The van der Waals surface area contributed by atoms with E-state index >= 15 is 0 Å². The Hall–Kier alpha value is -1.52. The first-order valence-corrected chi connectivity index (χ1v) is 10.2. The summed E-state index contributed by atoms with van der Waals surface area (Å²) in [5.41, 5.74) is 6.75. The molecule has 0 saturated carbocycles. The molecule has 1 aliphatic rings. The van der Waals surface area contributed by atoms with Gasteiger partial charge in [0.05, 0.1) is 12.1 Å². The van der Waals surface area contributed by atoms with Crippen molar-refractivity contribution in [1.29, 1.82) is 0 Å². The molecule has 0 aromatic carbocycles. The van der Waals surface area contributed by atoms with Gasteiger partial charge in [-0.25, -0.2) is 4.99 Å². The van der Waals surface area contributed by atoms with Gasteiger partial charge in [-0.2, -0.15) is 25.3 Å². The van der Waals surface area contributed by atoms with Crippen LogP contribution in [0.3, 0.4) is 0 Å². The van der Waals surface area contributed by atoms with Crippen molar-refractivity contribution in [2.24, 2.45) is 10.7 Å². The van der Waals surface area contributed by atoms with Crippen LogP contribution < -0.4 is 16.4 Å². The molecule has 0 radical (unpaired) electrons. The smallest absolute Gasteiger partial charge is 0.250 e. The van der Waals surface area contributed by atoms with E-state index in [1.54, 1.807) is 0 Å². The molecule has 27 heavy (non-hydrogen) atoms. The monoisotopic (exact) mass is 415 g/mol. The summed E-state index contributed by atoms with van der Waals surface area (Å²) < 4.78 is 0. The number of likely N-dealkylation sites (N-methyl/N-ethyl adjacent to an activating group) is 1. The second-order valence-corrected chi connectivity index (χ2v) is 6.96. The quantitative estimate of drug-likeness (QED) is 0.326. The zero-order valence-corrected chi connectivity index (χ0v) is 17.6. The van der Waals surface area contributed by atoms with Gasteiger partial charge in [0, 0.05) is 24.6 Å². The van der Waals surface area contributed by atoms with Crippen molar-refractivity contribution >= 4 is 48.7 Å². The van der Waals surface area contributed by atoms with Gasteiger partial charge in [-0.1, -0.05) is 0 Å². The van der Waals surface area contributed by atoms with Crippen LogP contribution in [0, 0.1) is 0 Å². The predicted octanol–water partition coefficient (Wildman–Crippen LogP) is 0.111. The van der Waals surface area contributed by atoms with Crippen LogP contribution in [0.2, 0.25) is 0 Å². The molecule has 0 saturated heterocycles. The number of rotatable bonds is 10. The third-order valence-corrected chi connectivity index (χ3v) is 4.55. The lowest BCUT2D eigenvalue weighted by molar-refractivity contribution is -0.139. The molecule has 4 N–H and O–H groups in total. The van der Waals surface area contributed by atoms with Gasteiger partial charge >= 0.3 is 0 Å². The van der Waals surface area contributed by atoms with Crippen LogP contribution in [0.1, 0.15) is 33.1 Å². The topological polar surface area (TPSA) is 117 Å². The maximum atomic E-state index is 12.9. The van der Waals surface area contributed by atoms with Crippen molar-refractivity contribution < 1.29 is 14.4 Å². The van der Waals surface area contributed by atoms with Gasteiger partial charge in [0.2, 0.25) is 11.8 Å². The Kier molecular flexibility index (Phi) is 10.5. The first-order valence-electron chi connectivity index (χ1n) is 8.97. The lowest BCUT2D eigenvalue weighted by Gasteiger charge is -2.30. The number of carbonyl (C=O) groups is 3. The number of thiol groups is 2. The summed E-state index contributed by atoms with van der Waals surface area (Å²) in [7, 11) is 0. The average molecular weight is 416 g/mol. The number of amides is 3. The van der Waals surface area contributed by atoms with Crippen LogP contribution >= 0.6 is 25.3 Å². The Labute approximate surface area is 171 Å². The number of hydrogen-bond donors (Lipinski definition) is 5. The SMILES string of the molecule is CCNC(=O)C1=C(NC(=O)[C@H](CCS)N(CCS)C(=O)CN)N=C(C)CC1. The highest BCUT2D eigenvalue weighted by molar-refractivity contribution is 7.80. The molecule has 152 valence electrons. The molecule has 1 rings (SSSR count). The third kappa shape index (κ3) is 6.86. The molecule has 0 spiro atoms. The Morgan fingerprint density at radius 3 is 2.52 bits per heavy atom. The molecule has 1 aliphatic heterocycles. The second-order valence-electron chi connectivity index (χ2n) is 6.07. The van der Waals surface area contributed by atoms with Crippen molar-refractivity contribution in [2.45, 2.75) is 39.2 Å². The fraction of sp³-hybridized carbons (Fsp3) is 0.647. The Morgan fingerprint density at radius 1 is 1.26 bits per heavy atom. The molecule has 0 bridgehead atoms. The first-order chi connectivity index (χ1) is 12.9. The minimum atomic E-state index is -0.758. The van der Waals surface area contributed by atoms with Crippen LogP contribution in [0.25, 0.3) is 0 Å². The average Bonchev–Trinajstić information content (AvgIpc) is 2.64. The number of nitrogens with zero attached hydrogens (tertiary/aromatic N) is 2. The summed E-state index contributed by atoms with van der Waals surface area (Å²) in [5.74, 6) is 0.0375. The maximum absolute atomic E-state index is 12.9. The zero-order chi connectivity index (χ0) is 20.4. The number of hydrogen-bond acceptors (Lipinski definition) is 7. The van der Waals surface area contributed by atoms with E-state index in [0.29, 0.717) is 42.9 Å². The van der Waals surface area contributed by atoms with E-state index in [-0.39, 0.29) is 30.7 Å². The summed E-state index contributed by atoms with van der Waals surface area (Å²) >= 11 is 8.36. The minimum absolute atomic E-state index is 0.200. The lowest BCUT2D eigenvalue weighted by Crippen LogP contribution is -2.52. The number of aliphatic imine (C=N–C) groups is 1. The fourth-order valence-electron chi connectivity index (χ4n) is 2.76. The molecule has 1 heterocycles. The van der Waals surface area contributed by atoms with E-state index in [9.17, 15) is 14.4 Å². The van der Waals surface area contributed by atoms with Crippen LogP contribution in [0.15, 0.2) is 16.4 Å². The molecule has 8 nitrogen and oxygen atoms in total. The largest absolute Gasteiger partial charge is 0.352 e. The van der Waals surface area contributed by atoms with Gasteiger partial charge in [0.15, 0.2) is 0 Å². The third-order valence-electron chi connectivity index (χ3n) is 4.10. The van der Waals surface area contributed by atoms with Crippen molar-refractivity contribution in [2.75, 3.05) is 31.1 Å². The van der Waals surface area contributed by atoms with Crippen LogP contribution in [0.5, 0.6) is 0 Å². The molecule has 1 atom stereocenters. The molecule has 0 aromatic heterocycles. The lowest BCUT2D eigenvalue weighted by atomic mass is 10.0. The predicted molar refractivity (Wildman–Crippen MR) is 113 cm³/mol. The summed E-state index contributed by atoms with van der Waals surface area (Å²) in [4.78, 5) is 43.2. The summed E-state index contributed by atoms with van der Waals surface area (Å²) in [6.07, 6.45) is 1.50. The fourth-order valence-corrected chi connectivity index (χ4v) is 3.22. The molecule has 0 unspecified atom stereocenters. The van der Waals surface area contributed by atoms with Crippen molar-refractivity contribution in [1.82, 2.24) is 15.5 Å². The Balaban J connectivity index is 3.13. The van der Waals surface area contributed by atoms with Gasteiger partial charge in [-0.3, -0.25) is 14.4 Å². The van der Waals surface area contributed by atoms with Gasteiger partial charge in [-0.15, -0.1) is 0 Å². The van der Waals surface area contributed by atoms with E-state index in [1.165, 1.54) is 4.90 Å². The molecule has 0 aromatic rings. The van der Waals surface area contributed by atoms with Gasteiger partial charge in [0.1, 0.15) is 11.9 Å².